The number of fused-ring (bicyclic) bond motifs is 1. The SMILES string of the molecule is O=C(/C=C/c1cc(Cl)c2c(c1)OCCCO2)NCCc1ccc(Cl)cc1. The molecule has 0 bridgehead atoms. The molecule has 1 heterocycles. The van der Waals surface area contributed by atoms with Crippen LogP contribution in [0.3, 0.4) is 0 Å². The lowest BCUT2D eigenvalue weighted by molar-refractivity contribution is -0.116. The minimum atomic E-state index is -0.165. The monoisotopic (exact) mass is 391 g/mol. The predicted octanol–water partition coefficient (Wildman–Crippen LogP) is 4.53. The second-order valence-electron chi connectivity index (χ2n) is 5.88. The summed E-state index contributed by atoms with van der Waals surface area (Å²) in [5.41, 5.74) is 1.90. The van der Waals surface area contributed by atoms with Gasteiger partial charge >= 0.3 is 0 Å². The largest absolute Gasteiger partial charge is 0.489 e. The van der Waals surface area contributed by atoms with Crippen LogP contribution < -0.4 is 14.8 Å². The fourth-order valence-corrected chi connectivity index (χ4v) is 2.96. The Hall–Kier alpha value is -2.17. The molecule has 0 aliphatic carbocycles. The van der Waals surface area contributed by atoms with Gasteiger partial charge in [0.15, 0.2) is 11.5 Å². The van der Waals surface area contributed by atoms with Crippen LogP contribution in [0.5, 0.6) is 11.5 Å². The first-order valence-corrected chi connectivity index (χ1v) is 9.17. The van der Waals surface area contributed by atoms with Crippen molar-refractivity contribution in [1.29, 1.82) is 0 Å². The molecule has 0 saturated carbocycles. The molecule has 1 N–H and O–H groups in total. The van der Waals surface area contributed by atoms with E-state index in [-0.39, 0.29) is 5.91 Å². The number of nitrogens with one attached hydrogen (secondary N) is 1. The molecule has 3 rings (SSSR count). The number of benzene rings is 2. The second-order valence-corrected chi connectivity index (χ2v) is 6.72. The number of halogens is 2. The van der Waals surface area contributed by atoms with Gasteiger partial charge in [0.1, 0.15) is 0 Å². The van der Waals surface area contributed by atoms with Crippen molar-refractivity contribution in [3.05, 3.63) is 63.6 Å². The Labute approximate surface area is 162 Å². The Morgan fingerprint density at radius 3 is 2.69 bits per heavy atom. The summed E-state index contributed by atoms with van der Waals surface area (Å²) in [6.07, 6.45) is 4.74. The lowest BCUT2D eigenvalue weighted by Gasteiger charge is -2.10. The predicted molar refractivity (Wildman–Crippen MR) is 104 cm³/mol. The van der Waals surface area contributed by atoms with E-state index in [0.29, 0.717) is 41.3 Å². The summed E-state index contributed by atoms with van der Waals surface area (Å²) in [5, 5.41) is 4.04. The molecule has 0 saturated heterocycles. The van der Waals surface area contributed by atoms with Crippen LogP contribution in [-0.2, 0) is 11.2 Å². The van der Waals surface area contributed by atoms with Crippen molar-refractivity contribution in [3.8, 4) is 11.5 Å². The average Bonchev–Trinajstić information content (AvgIpc) is 2.87. The van der Waals surface area contributed by atoms with Crippen LogP contribution in [0.2, 0.25) is 10.0 Å². The molecule has 26 heavy (non-hydrogen) atoms. The third kappa shape index (κ3) is 5.16. The van der Waals surface area contributed by atoms with Gasteiger partial charge in [-0.25, -0.2) is 0 Å². The van der Waals surface area contributed by atoms with Crippen LogP contribution in [0.4, 0.5) is 0 Å². The smallest absolute Gasteiger partial charge is 0.244 e. The zero-order chi connectivity index (χ0) is 18.4. The van der Waals surface area contributed by atoms with Gasteiger partial charge in [0.2, 0.25) is 5.91 Å². The summed E-state index contributed by atoms with van der Waals surface area (Å²) in [5.74, 6) is 1.01. The van der Waals surface area contributed by atoms with Crippen LogP contribution in [-0.4, -0.2) is 25.7 Å². The maximum absolute atomic E-state index is 12.0. The first kappa shape index (κ1) is 18.6. The summed E-state index contributed by atoms with van der Waals surface area (Å²) in [4.78, 5) is 12.0. The van der Waals surface area contributed by atoms with Crippen LogP contribution in [0.1, 0.15) is 17.5 Å². The van der Waals surface area contributed by atoms with Gasteiger partial charge in [0, 0.05) is 24.1 Å². The topological polar surface area (TPSA) is 47.6 Å². The first-order chi connectivity index (χ1) is 12.6. The van der Waals surface area contributed by atoms with Crippen LogP contribution in [0, 0.1) is 0 Å². The summed E-state index contributed by atoms with van der Waals surface area (Å²) in [7, 11) is 0. The fraction of sp³-hybridized carbons (Fsp3) is 0.250. The number of rotatable bonds is 5. The average molecular weight is 392 g/mol. The second kappa shape index (κ2) is 8.97. The molecule has 1 aliphatic rings. The molecule has 0 aromatic heterocycles. The van der Waals surface area contributed by atoms with Gasteiger partial charge in [-0.2, -0.15) is 0 Å². The van der Waals surface area contributed by atoms with Crippen molar-refractivity contribution in [1.82, 2.24) is 5.32 Å². The lowest BCUT2D eigenvalue weighted by atomic mass is 10.1. The maximum atomic E-state index is 12.0. The zero-order valence-corrected chi connectivity index (χ0v) is 15.6. The summed E-state index contributed by atoms with van der Waals surface area (Å²) in [6.45, 7) is 1.71. The van der Waals surface area contributed by atoms with Crippen molar-refractivity contribution in [2.45, 2.75) is 12.8 Å². The van der Waals surface area contributed by atoms with Crippen molar-refractivity contribution < 1.29 is 14.3 Å². The molecule has 0 spiro atoms. The van der Waals surface area contributed by atoms with E-state index in [4.69, 9.17) is 32.7 Å². The normalized spacial score (nSPS) is 13.5. The quantitative estimate of drug-likeness (QED) is 0.761. The zero-order valence-electron chi connectivity index (χ0n) is 14.1. The van der Waals surface area contributed by atoms with Gasteiger partial charge in [-0.05, 0) is 47.9 Å². The van der Waals surface area contributed by atoms with E-state index in [1.54, 1.807) is 12.1 Å². The number of ether oxygens (including phenoxy) is 2. The summed E-state index contributed by atoms with van der Waals surface area (Å²) >= 11 is 12.1. The molecule has 0 fully saturated rings. The molecule has 0 radical (unpaired) electrons. The third-order valence-electron chi connectivity index (χ3n) is 3.88. The molecule has 6 heteroatoms. The molecule has 2 aromatic rings. The van der Waals surface area contributed by atoms with Crippen LogP contribution in [0.15, 0.2) is 42.5 Å². The van der Waals surface area contributed by atoms with Gasteiger partial charge in [-0.3, -0.25) is 4.79 Å². The maximum Gasteiger partial charge on any atom is 0.244 e. The standard InChI is InChI=1S/C20H19Cl2NO3/c21-16-5-2-14(3-6-16)8-9-23-19(24)7-4-15-12-17(22)20-18(13-15)25-10-1-11-26-20/h2-7,12-13H,1,8-11H2,(H,23,24)/b7-4+. The Balaban J connectivity index is 1.55. The Bertz CT molecular complexity index is 803. The van der Waals surface area contributed by atoms with E-state index < -0.39 is 0 Å². The van der Waals surface area contributed by atoms with E-state index in [1.165, 1.54) is 6.08 Å². The molecule has 1 amide bonds. The van der Waals surface area contributed by atoms with E-state index >= 15 is 0 Å². The number of amides is 1. The van der Waals surface area contributed by atoms with E-state index in [0.717, 1.165) is 24.0 Å². The molecule has 1 aliphatic heterocycles. The van der Waals surface area contributed by atoms with Crippen molar-refractivity contribution in [2.24, 2.45) is 0 Å². The van der Waals surface area contributed by atoms with Gasteiger partial charge in [-0.15, -0.1) is 0 Å². The van der Waals surface area contributed by atoms with Crippen molar-refractivity contribution in [2.75, 3.05) is 19.8 Å². The lowest BCUT2D eigenvalue weighted by Crippen LogP contribution is -2.23. The summed E-state index contributed by atoms with van der Waals surface area (Å²) in [6, 6.07) is 11.2. The highest BCUT2D eigenvalue weighted by Crippen LogP contribution is 2.38. The number of carbonyl (C=O) groups excluding carboxylic acids is 1. The Morgan fingerprint density at radius 1 is 1.12 bits per heavy atom. The van der Waals surface area contributed by atoms with Gasteiger partial charge in [0.05, 0.1) is 18.2 Å². The number of hydrogen-bond acceptors (Lipinski definition) is 3. The highest BCUT2D eigenvalue weighted by atomic mass is 35.5. The molecule has 0 unspecified atom stereocenters. The molecule has 136 valence electrons. The molecule has 0 atom stereocenters. The highest BCUT2D eigenvalue weighted by molar-refractivity contribution is 6.32. The van der Waals surface area contributed by atoms with E-state index in [9.17, 15) is 4.79 Å². The van der Waals surface area contributed by atoms with Gasteiger partial charge < -0.3 is 14.8 Å². The van der Waals surface area contributed by atoms with Crippen molar-refractivity contribution >= 4 is 35.2 Å². The first-order valence-electron chi connectivity index (χ1n) is 8.41. The highest BCUT2D eigenvalue weighted by Gasteiger charge is 2.14. The Kier molecular flexibility index (Phi) is 6.42. The van der Waals surface area contributed by atoms with Gasteiger partial charge in [-0.1, -0.05) is 35.3 Å². The summed E-state index contributed by atoms with van der Waals surface area (Å²) < 4.78 is 11.2. The van der Waals surface area contributed by atoms with Gasteiger partial charge in [0.25, 0.3) is 0 Å². The van der Waals surface area contributed by atoms with Crippen LogP contribution >= 0.6 is 23.2 Å². The van der Waals surface area contributed by atoms with E-state index in [2.05, 4.69) is 5.32 Å². The minimum Gasteiger partial charge on any atom is -0.489 e. The molecular formula is C20H19Cl2NO3. The minimum absolute atomic E-state index is 0.165. The molecule has 2 aromatic carbocycles. The van der Waals surface area contributed by atoms with Crippen molar-refractivity contribution in [3.63, 3.8) is 0 Å². The molecular weight excluding hydrogens is 373 g/mol. The Morgan fingerprint density at radius 2 is 1.88 bits per heavy atom. The number of carbonyl (C=O) groups is 1. The molecule has 4 nitrogen and oxygen atoms in total. The third-order valence-corrected chi connectivity index (χ3v) is 4.41. The fourth-order valence-electron chi connectivity index (χ4n) is 2.56. The van der Waals surface area contributed by atoms with E-state index in [1.807, 2.05) is 30.3 Å². The number of hydrogen-bond donors (Lipinski definition) is 1. The van der Waals surface area contributed by atoms with Crippen LogP contribution in [0.25, 0.3) is 6.08 Å².